The highest BCUT2D eigenvalue weighted by Crippen LogP contribution is 2.25. The predicted molar refractivity (Wildman–Crippen MR) is 129 cm³/mol. The monoisotopic (exact) mass is 491 g/mol. The van der Waals surface area contributed by atoms with Crippen molar-refractivity contribution < 1.29 is 9.18 Å². The van der Waals surface area contributed by atoms with Crippen LogP contribution in [0.1, 0.15) is 0 Å². The summed E-state index contributed by atoms with van der Waals surface area (Å²) in [6, 6.07) is 15.2. The van der Waals surface area contributed by atoms with Crippen LogP contribution in [-0.4, -0.2) is 47.8 Å². The number of rotatable bonds is 6. The number of anilines is 3. The molecule has 0 unspecified atom stereocenters. The second kappa shape index (κ2) is 10.4. The molecule has 10 heteroatoms. The molecule has 0 bridgehead atoms. The highest BCUT2D eigenvalue weighted by molar-refractivity contribution is 7.99. The molecule has 166 valence electrons. The van der Waals surface area contributed by atoms with E-state index < -0.39 is 0 Å². The molecule has 1 amide bonds. The predicted octanol–water partition coefficient (Wildman–Crippen LogP) is 4.98. The minimum atomic E-state index is -0.356. The molecule has 1 saturated heterocycles. The van der Waals surface area contributed by atoms with Crippen molar-refractivity contribution in [3.05, 3.63) is 70.6 Å². The Morgan fingerprint density at radius 2 is 1.72 bits per heavy atom. The molecule has 4 rings (SSSR count). The third-order valence-electron chi connectivity index (χ3n) is 4.90. The van der Waals surface area contributed by atoms with Gasteiger partial charge in [-0.15, -0.1) is 0 Å². The Morgan fingerprint density at radius 3 is 2.44 bits per heavy atom. The first kappa shape index (κ1) is 22.6. The van der Waals surface area contributed by atoms with Crippen LogP contribution in [0.4, 0.5) is 21.6 Å². The number of carbonyl (C=O) groups excluding carboxylic acids is 1. The summed E-state index contributed by atoms with van der Waals surface area (Å²) >= 11 is 13.5. The molecular weight excluding hydrogens is 472 g/mol. The lowest BCUT2D eigenvalue weighted by molar-refractivity contribution is -0.113. The van der Waals surface area contributed by atoms with E-state index in [1.807, 2.05) is 18.2 Å². The van der Waals surface area contributed by atoms with Gasteiger partial charge in [0.15, 0.2) is 5.16 Å². The molecule has 0 aliphatic carbocycles. The molecule has 3 aromatic rings. The van der Waals surface area contributed by atoms with Gasteiger partial charge in [-0.2, -0.15) is 0 Å². The maximum Gasteiger partial charge on any atom is 0.234 e. The lowest BCUT2D eigenvalue weighted by atomic mass is 10.2. The number of carbonyl (C=O) groups is 1. The van der Waals surface area contributed by atoms with Crippen LogP contribution >= 0.6 is 35.0 Å². The zero-order valence-corrected chi connectivity index (χ0v) is 19.3. The van der Waals surface area contributed by atoms with E-state index in [2.05, 4.69) is 31.2 Å². The van der Waals surface area contributed by atoms with Gasteiger partial charge in [-0.1, -0.05) is 41.0 Å². The maximum absolute atomic E-state index is 13.0. The van der Waals surface area contributed by atoms with E-state index in [1.165, 1.54) is 36.0 Å². The minimum Gasteiger partial charge on any atom is -0.368 e. The normalized spacial score (nSPS) is 13.8. The van der Waals surface area contributed by atoms with Gasteiger partial charge in [0, 0.05) is 48.6 Å². The highest BCUT2D eigenvalue weighted by Gasteiger charge is 2.20. The number of halogens is 3. The van der Waals surface area contributed by atoms with Crippen LogP contribution in [0.5, 0.6) is 0 Å². The van der Waals surface area contributed by atoms with Crippen LogP contribution in [0, 0.1) is 5.82 Å². The summed E-state index contributed by atoms with van der Waals surface area (Å²) in [6.45, 7) is 3.19. The largest absolute Gasteiger partial charge is 0.368 e. The first-order valence-electron chi connectivity index (χ1n) is 9.94. The van der Waals surface area contributed by atoms with E-state index in [0.29, 0.717) is 16.0 Å². The van der Waals surface area contributed by atoms with Gasteiger partial charge in [0.1, 0.15) is 16.8 Å². The number of amides is 1. The number of nitrogens with one attached hydrogen (secondary N) is 1. The van der Waals surface area contributed by atoms with Crippen LogP contribution in [0.3, 0.4) is 0 Å². The lowest BCUT2D eigenvalue weighted by Crippen LogP contribution is -2.46. The summed E-state index contributed by atoms with van der Waals surface area (Å²) in [7, 11) is 0. The molecule has 2 heterocycles. The fraction of sp³-hybridized carbons (Fsp3) is 0.227. The minimum absolute atomic E-state index is 0.111. The van der Waals surface area contributed by atoms with E-state index in [9.17, 15) is 9.18 Å². The van der Waals surface area contributed by atoms with Gasteiger partial charge >= 0.3 is 0 Å². The molecule has 0 saturated carbocycles. The second-order valence-corrected chi connectivity index (χ2v) is 8.90. The average molecular weight is 492 g/mol. The van der Waals surface area contributed by atoms with Crippen LogP contribution in [0.2, 0.25) is 10.2 Å². The molecule has 1 aromatic heterocycles. The number of aromatic nitrogens is 2. The van der Waals surface area contributed by atoms with Crippen LogP contribution in [0.25, 0.3) is 0 Å². The Kier molecular flexibility index (Phi) is 7.34. The Bertz CT molecular complexity index is 1090. The Labute approximate surface area is 199 Å². The third kappa shape index (κ3) is 6.03. The fourth-order valence-electron chi connectivity index (χ4n) is 3.34. The Hall–Kier alpha value is -2.55. The Balaban J connectivity index is 1.34. The second-order valence-electron chi connectivity index (χ2n) is 7.13. The first-order valence-corrected chi connectivity index (χ1v) is 11.7. The quantitative estimate of drug-likeness (QED) is 0.298. The molecule has 1 aliphatic heterocycles. The van der Waals surface area contributed by atoms with Crippen LogP contribution in [-0.2, 0) is 4.79 Å². The molecule has 0 radical (unpaired) electrons. The highest BCUT2D eigenvalue weighted by atomic mass is 35.5. The molecule has 6 nitrogen and oxygen atoms in total. The Morgan fingerprint density at radius 1 is 1.00 bits per heavy atom. The van der Waals surface area contributed by atoms with Gasteiger partial charge in [-0.3, -0.25) is 4.79 Å². The standard InChI is InChI=1S/C22H20Cl2FN5OS/c23-15-2-1-3-18(12-15)29-8-10-30(11-9-29)20-13-19(24)27-22(28-20)32-14-21(31)26-17-6-4-16(25)5-7-17/h1-7,12-13H,8-11,14H2,(H,26,31). The number of nitrogens with zero attached hydrogens (tertiary/aromatic N) is 4. The van der Waals surface area contributed by atoms with Crippen molar-refractivity contribution in [1.82, 2.24) is 9.97 Å². The molecule has 1 aliphatic rings. The molecule has 2 aromatic carbocycles. The number of benzene rings is 2. The molecule has 0 atom stereocenters. The molecular formula is C22H20Cl2FN5OS. The van der Waals surface area contributed by atoms with Gasteiger partial charge in [-0.05, 0) is 42.5 Å². The van der Waals surface area contributed by atoms with Crippen LogP contribution in [0.15, 0.2) is 59.8 Å². The fourth-order valence-corrected chi connectivity index (χ4v) is 4.40. The summed E-state index contributed by atoms with van der Waals surface area (Å²) in [6.07, 6.45) is 0. The molecule has 32 heavy (non-hydrogen) atoms. The van der Waals surface area contributed by atoms with E-state index in [1.54, 1.807) is 6.07 Å². The van der Waals surface area contributed by atoms with E-state index in [0.717, 1.165) is 42.7 Å². The van der Waals surface area contributed by atoms with Crippen molar-refractivity contribution in [1.29, 1.82) is 0 Å². The van der Waals surface area contributed by atoms with Crippen molar-refractivity contribution in [2.45, 2.75) is 5.16 Å². The molecule has 1 N–H and O–H groups in total. The van der Waals surface area contributed by atoms with Gasteiger partial charge < -0.3 is 15.1 Å². The van der Waals surface area contributed by atoms with Gasteiger partial charge in [-0.25, -0.2) is 14.4 Å². The van der Waals surface area contributed by atoms with Crippen molar-refractivity contribution >= 4 is 58.1 Å². The van der Waals surface area contributed by atoms with Crippen molar-refractivity contribution in [3.63, 3.8) is 0 Å². The lowest BCUT2D eigenvalue weighted by Gasteiger charge is -2.36. The summed E-state index contributed by atoms with van der Waals surface area (Å²) in [5.74, 6) is 0.254. The zero-order chi connectivity index (χ0) is 22.5. The van der Waals surface area contributed by atoms with Gasteiger partial charge in [0.05, 0.1) is 5.75 Å². The average Bonchev–Trinajstić information content (AvgIpc) is 2.79. The summed E-state index contributed by atoms with van der Waals surface area (Å²) in [5, 5.41) is 4.19. The topological polar surface area (TPSA) is 61.4 Å². The summed E-state index contributed by atoms with van der Waals surface area (Å²) < 4.78 is 13.0. The van der Waals surface area contributed by atoms with Gasteiger partial charge in [0.25, 0.3) is 0 Å². The SMILES string of the molecule is O=C(CSc1nc(Cl)cc(N2CCN(c3cccc(Cl)c3)CC2)n1)Nc1ccc(F)cc1. The first-order chi connectivity index (χ1) is 15.5. The zero-order valence-electron chi connectivity index (χ0n) is 17.0. The van der Waals surface area contributed by atoms with Crippen LogP contribution < -0.4 is 15.1 Å². The van der Waals surface area contributed by atoms with E-state index in [-0.39, 0.29) is 17.5 Å². The molecule has 1 fully saturated rings. The number of piperazine rings is 1. The number of thioether (sulfide) groups is 1. The molecule has 0 spiro atoms. The van der Waals surface area contributed by atoms with Crippen molar-refractivity contribution in [3.8, 4) is 0 Å². The van der Waals surface area contributed by atoms with E-state index in [4.69, 9.17) is 23.2 Å². The third-order valence-corrected chi connectivity index (χ3v) is 6.17. The van der Waals surface area contributed by atoms with Crippen molar-refractivity contribution in [2.24, 2.45) is 0 Å². The summed E-state index contributed by atoms with van der Waals surface area (Å²) in [4.78, 5) is 25.4. The maximum atomic E-state index is 13.0. The number of hydrogen-bond acceptors (Lipinski definition) is 6. The summed E-state index contributed by atoms with van der Waals surface area (Å²) in [5.41, 5.74) is 1.63. The van der Waals surface area contributed by atoms with Crippen molar-refractivity contribution in [2.75, 3.05) is 47.0 Å². The smallest absolute Gasteiger partial charge is 0.234 e. The number of hydrogen-bond donors (Lipinski definition) is 1. The van der Waals surface area contributed by atoms with Gasteiger partial charge in [0.2, 0.25) is 5.91 Å². The van der Waals surface area contributed by atoms with E-state index >= 15 is 0 Å².